The van der Waals surface area contributed by atoms with E-state index in [9.17, 15) is 20.1 Å². The SMILES string of the molecule is C=C(CC[C@@H](C(=O)O)[C@H]1[C@H](O)C[C@@H]2C3=C(CC[C@]12C)[C@@]1(C)CC[C@@H](O)C(C)(C)[C@@H]1CC3)C(C)C. The molecule has 34 heavy (non-hydrogen) atoms. The number of aliphatic carboxylic acids is 1. The van der Waals surface area contributed by atoms with E-state index in [2.05, 4.69) is 48.1 Å². The predicted molar refractivity (Wildman–Crippen MR) is 136 cm³/mol. The molecule has 0 heterocycles. The molecule has 0 amide bonds. The second kappa shape index (κ2) is 8.76. The van der Waals surface area contributed by atoms with Crippen molar-refractivity contribution in [2.75, 3.05) is 0 Å². The summed E-state index contributed by atoms with van der Waals surface area (Å²) in [7, 11) is 0. The van der Waals surface area contributed by atoms with Gasteiger partial charge in [-0.15, -0.1) is 0 Å². The molecule has 0 aromatic carbocycles. The number of carboxylic acid groups (broad SMARTS) is 1. The highest BCUT2D eigenvalue weighted by Gasteiger charge is 2.62. The van der Waals surface area contributed by atoms with Crippen molar-refractivity contribution < 1.29 is 20.1 Å². The van der Waals surface area contributed by atoms with Crippen LogP contribution in [0.3, 0.4) is 0 Å². The van der Waals surface area contributed by atoms with Gasteiger partial charge >= 0.3 is 5.97 Å². The fourth-order valence-corrected chi connectivity index (χ4v) is 9.15. The van der Waals surface area contributed by atoms with Crippen LogP contribution in [0.4, 0.5) is 0 Å². The molecular formula is C30H48O4. The van der Waals surface area contributed by atoms with Gasteiger partial charge in [-0.25, -0.2) is 0 Å². The van der Waals surface area contributed by atoms with Crippen molar-refractivity contribution in [3.8, 4) is 0 Å². The van der Waals surface area contributed by atoms with E-state index < -0.39 is 18.0 Å². The van der Waals surface area contributed by atoms with Gasteiger partial charge in [0.25, 0.3) is 0 Å². The fraction of sp³-hybridized carbons (Fsp3) is 0.833. The molecule has 0 aromatic heterocycles. The lowest BCUT2D eigenvalue weighted by Crippen LogP contribution is -2.53. The van der Waals surface area contributed by atoms with Gasteiger partial charge in [0.05, 0.1) is 18.1 Å². The number of carbonyl (C=O) groups is 1. The van der Waals surface area contributed by atoms with Crippen LogP contribution in [0.5, 0.6) is 0 Å². The van der Waals surface area contributed by atoms with Crippen molar-refractivity contribution >= 4 is 5.97 Å². The van der Waals surface area contributed by atoms with Crippen LogP contribution in [0.1, 0.15) is 99.3 Å². The highest BCUT2D eigenvalue weighted by atomic mass is 16.4. The number of fused-ring (bicyclic) bond motifs is 4. The number of rotatable bonds is 6. The molecular weight excluding hydrogens is 424 g/mol. The van der Waals surface area contributed by atoms with E-state index in [1.165, 1.54) is 5.57 Å². The van der Waals surface area contributed by atoms with E-state index in [-0.39, 0.29) is 34.2 Å². The van der Waals surface area contributed by atoms with Gasteiger partial charge in [-0.05, 0) is 91.8 Å². The molecule has 0 aromatic rings. The molecule has 0 aliphatic heterocycles. The van der Waals surface area contributed by atoms with E-state index in [1.807, 2.05) is 0 Å². The summed E-state index contributed by atoms with van der Waals surface area (Å²) in [6.07, 6.45) is 7.14. The molecule has 3 N–H and O–H groups in total. The number of aliphatic hydroxyl groups excluding tert-OH is 2. The standard InChI is InChI=1S/C30H48O4/c1-17(2)18(3)8-9-20(27(33)34)26-23(31)16-22-19-10-11-24-28(4,5)25(32)13-15-29(24,6)21(19)12-14-30(22,26)7/h17,20,22-26,31-32H,3,8-16H2,1-2,4-7H3,(H,33,34)/t20-,22-,23-,24+,25-,26+,29-,30+/m1/s1. The van der Waals surface area contributed by atoms with Crippen molar-refractivity contribution in [2.24, 2.45) is 45.8 Å². The molecule has 4 nitrogen and oxygen atoms in total. The lowest BCUT2D eigenvalue weighted by atomic mass is 9.46. The Hall–Kier alpha value is -1.13. The van der Waals surface area contributed by atoms with Gasteiger partial charge in [-0.1, -0.05) is 64.8 Å². The average Bonchev–Trinajstić information content (AvgIpc) is 3.01. The van der Waals surface area contributed by atoms with Crippen molar-refractivity contribution in [3.63, 3.8) is 0 Å². The lowest BCUT2D eigenvalue weighted by Gasteiger charge is -2.60. The molecule has 0 unspecified atom stereocenters. The third kappa shape index (κ3) is 3.82. The molecule has 0 spiro atoms. The molecule has 8 atom stereocenters. The summed E-state index contributed by atoms with van der Waals surface area (Å²) >= 11 is 0. The summed E-state index contributed by atoms with van der Waals surface area (Å²) in [5, 5.41) is 32.4. The second-order valence-electron chi connectivity index (χ2n) is 13.6. The van der Waals surface area contributed by atoms with Crippen molar-refractivity contribution in [2.45, 2.75) is 112 Å². The van der Waals surface area contributed by atoms with Gasteiger partial charge in [-0.3, -0.25) is 4.79 Å². The van der Waals surface area contributed by atoms with Crippen LogP contribution in [-0.4, -0.2) is 33.5 Å². The molecule has 4 rings (SSSR count). The first-order valence-electron chi connectivity index (χ1n) is 13.7. The van der Waals surface area contributed by atoms with Gasteiger partial charge < -0.3 is 15.3 Å². The zero-order chi connectivity index (χ0) is 25.2. The van der Waals surface area contributed by atoms with Gasteiger partial charge in [0.2, 0.25) is 0 Å². The van der Waals surface area contributed by atoms with Crippen molar-refractivity contribution in [1.82, 2.24) is 0 Å². The summed E-state index contributed by atoms with van der Waals surface area (Å²) < 4.78 is 0. The van der Waals surface area contributed by atoms with Crippen LogP contribution in [0.15, 0.2) is 23.3 Å². The molecule has 0 saturated heterocycles. The normalized spacial score (nSPS) is 42.1. The first-order valence-corrected chi connectivity index (χ1v) is 13.7. The van der Waals surface area contributed by atoms with Crippen LogP contribution >= 0.6 is 0 Å². The summed E-state index contributed by atoms with van der Waals surface area (Å²) in [6, 6.07) is 0. The minimum Gasteiger partial charge on any atom is -0.481 e. The summed E-state index contributed by atoms with van der Waals surface area (Å²) in [5.41, 5.74) is 4.09. The van der Waals surface area contributed by atoms with E-state index in [1.54, 1.807) is 5.57 Å². The minimum absolute atomic E-state index is 0.0861. The Bertz CT molecular complexity index is 869. The zero-order valence-corrected chi connectivity index (χ0v) is 22.4. The largest absolute Gasteiger partial charge is 0.481 e. The van der Waals surface area contributed by atoms with Crippen LogP contribution in [0, 0.1) is 45.8 Å². The minimum atomic E-state index is -0.763. The number of allylic oxidation sites excluding steroid dienone is 3. The quantitative estimate of drug-likeness (QED) is 0.393. The van der Waals surface area contributed by atoms with Crippen LogP contribution < -0.4 is 0 Å². The number of aliphatic hydroxyl groups is 2. The molecule has 0 radical (unpaired) electrons. The van der Waals surface area contributed by atoms with Crippen LogP contribution in [0.2, 0.25) is 0 Å². The van der Waals surface area contributed by atoms with Gasteiger partial charge in [0.15, 0.2) is 0 Å². The van der Waals surface area contributed by atoms with E-state index in [0.717, 1.165) is 44.1 Å². The number of hydrogen-bond donors (Lipinski definition) is 3. The summed E-state index contributed by atoms with van der Waals surface area (Å²) in [6.45, 7) is 17.6. The monoisotopic (exact) mass is 472 g/mol. The Morgan fingerprint density at radius 1 is 1.09 bits per heavy atom. The van der Waals surface area contributed by atoms with Crippen LogP contribution in [0.25, 0.3) is 0 Å². The first-order chi connectivity index (χ1) is 15.7. The third-order valence-corrected chi connectivity index (χ3v) is 11.4. The molecule has 0 bridgehead atoms. The Kier molecular flexibility index (Phi) is 6.69. The molecule has 2 saturated carbocycles. The zero-order valence-electron chi connectivity index (χ0n) is 22.4. The van der Waals surface area contributed by atoms with Gasteiger partial charge in [-0.2, -0.15) is 0 Å². The highest BCUT2D eigenvalue weighted by molar-refractivity contribution is 5.71. The molecule has 2 fully saturated rings. The summed E-state index contributed by atoms with van der Waals surface area (Å²) in [5.74, 6) is -0.400. The predicted octanol–water partition coefficient (Wildman–Crippen LogP) is 6.37. The van der Waals surface area contributed by atoms with Crippen molar-refractivity contribution in [1.29, 1.82) is 0 Å². The van der Waals surface area contributed by atoms with Crippen LogP contribution in [-0.2, 0) is 4.79 Å². The third-order valence-electron chi connectivity index (χ3n) is 11.4. The maximum absolute atomic E-state index is 12.5. The molecule has 4 aliphatic rings. The maximum Gasteiger partial charge on any atom is 0.306 e. The Balaban J connectivity index is 1.66. The topological polar surface area (TPSA) is 77.8 Å². The Morgan fingerprint density at radius 3 is 2.38 bits per heavy atom. The van der Waals surface area contributed by atoms with Gasteiger partial charge in [0.1, 0.15) is 0 Å². The fourth-order valence-electron chi connectivity index (χ4n) is 9.15. The summed E-state index contributed by atoms with van der Waals surface area (Å²) in [4.78, 5) is 12.5. The number of carboxylic acids is 1. The average molecular weight is 473 g/mol. The Morgan fingerprint density at radius 2 is 1.76 bits per heavy atom. The maximum atomic E-state index is 12.5. The van der Waals surface area contributed by atoms with Gasteiger partial charge in [0, 0.05) is 5.92 Å². The van der Waals surface area contributed by atoms with Crippen molar-refractivity contribution in [3.05, 3.63) is 23.3 Å². The molecule has 4 aliphatic carbocycles. The van der Waals surface area contributed by atoms with E-state index in [4.69, 9.17) is 0 Å². The number of hydrogen-bond acceptors (Lipinski definition) is 3. The molecule has 192 valence electrons. The van der Waals surface area contributed by atoms with E-state index in [0.29, 0.717) is 31.1 Å². The first kappa shape index (κ1) is 25.9. The lowest BCUT2D eigenvalue weighted by molar-refractivity contribution is -0.148. The second-order valence-corrected chi connectivity index (χ2v) is 13.6. The molecule has 4 heteroatoms. The Labute approximate surface area is 206 Å². The van der Waals surface area contributed by atoms with E-state index >= 15 is 0 Å². The highest BCUT2D eigenvalue weighted by Crippen LogP contribution is 2.68. The smallest absolute Gasteiger partial charge is 0.306 e.